The molecule has 0 saturated heterocycles. The molecule has 0 N–H and O–H groups in total. The summed E-state index contributed by atoms with van der Waals surface area (Å²) >= 11 is 0. The third-order valence-electron chi connectivity index (χ3n) is 7.38. The van der Waals surface area contributed by atoms with E-state index in [0.29, 0.717) is 0 Å². The molecule has 0 spiro atoms. The zero-order chi connectivity index (χ0) is 21.0. The van der Waals surface area contributed by atoms with E-state index in [9.17, 15) is 0 Å². The first-order valence-electron chi connectivity index (χ1n) is 11.0. The van der Waals surface area contributed by atoms with E-state index in [0.717, 1.165) is 0 Å². The van der Waals surface area contributed by atoms with E-state index in [4.69, 9.17) is 0 Å². The lowest BCUT2D eigenvalue weighted by atomic mass is 9.79. The van der Waals surface area contributed by atoms with Gasteiger partial charge in [0.05, 0.1) is 0 Å². The van der Waals surface area contributed by atoms with Gasteiger partial charge < -0.3 is 0 Å². The van der Waals surface area contributed by atoms with Crippen LogP contribution in [0.4, 0.5) is 0 Å². The summed E-state index contributed by atoms with van der Waals surface area (Å²) in [6.45, 7) is 13.9. The summed E-state index contributed by atoms with van der Waals surface area (Å²) in [5, 5.41) is 8.32. The van der Waals surface area contributed by atoms with Crippen molar-refractivity contribution in [3.05, 3.63) is 82.9 Å². The molecule has 0 heteroatoms. The van der Waals surface area contributed by atoms with Crippen molar-refractivity contribution in [2.24, 2.45) is 0 Å². The van der Waals surface area contributed by atoms with Gasteiger partial charge in [-0.05, 0) is 78.5 Å². The summed E-state index contributed by atoms with van der Waals surface area (Å²) in [5.74, 6) is 0. The maximum absolute atomic E-state index is 2.46. The summed E-state index contributed by atoms with van der Waals surface area (Å²) in [4.78, 5) is 0. The molecule has 0 radical (unpaired) electrons. The van der Waals surface area contributed by atoms with Crippen LogP contribution in [0.5, 0.6) is 0 Å². The molecule has 0 unspecified atom stereocenters. The van der Waals surface area contributed by atoms with Gasteiger partial charge in [0.1, 0.15) is 0 Å². The third kappa shape index (κ3) is 2.17. The average molecular weight is 389 g/mol. The van der Waals surface area contributed by atoms with E-state index < -0.39 is 0 Å². The predicted molar refractivity (Wildman–Crippen MR) is 131 cm³/mol. The first kappa shape index (κ1) is 18.0. The first-order valence-corrected chi connectivity index (χ1v) is 11.0. The van der Waals surface area contributed by atoms with Gasteiger partial charge in [0.2, 0.25) is 0 Å². The van der Waals surface area contributed by atoms with Crippen LogP contribution in [0.1, 0.15) is 56.9 Å². The molecule has 0 aromatic heterocycles. The van der Waals surface area contributed by atoms with Gasteiger partial charge in [0.15, 0.2) is 0 Å². The van der Waals surface area contributed by atoms with Crippen LogP contribution < -0.4 is 0 Å². The van der Waals surface area contributed by atoms with Crippen LogP contribution >= 0.6 is 0 Å². The molecule has 148 valence electrons. The summed E-state index contributed by atoms with van der Waals surface area (Å²) in [6.07, 6.45) is 0. The Morgan fingerprint density at radius 2 is 1.30 bits per heavy atom. The van der Waals surface area contributed by atoms with Gasteiger partial charge in [-0.1, -0.05) is 94.8 Å². The molecular formula is C30H28. The van der Waals surface area contributed by atoms with Crippen LogP contribution in [0.2, 0.25) is 0 Å². The van der Waals surface area contributed by atoms with Gasteiger partial charge in [-0.3, -0.25) is 0 Å². The molecule has 0 amide bonds. The SMILES string of the molecule is Cc1ccc2c(c1)C(C)(C)c1cc3ccc4cc(C(C)(C)C)cc5ccc(c1-2)c3c45. The zero-order valence-corrected chi connectivity index (χ0v) is 18.8. The minimum Gasteiger partial charge on any atom is -0.0587 e. The Morgan fingerprint density at radius 3 is 1.97 bits per heavy atom. The number of hydrogen-bond acceptors (Lipinski definition) is 0. The predicted octanol–water partition coefficient (Wildman–Crippen LogP) is 8.50. The maximum Gasteiger partial charge on any atom is 0.0159 e. The molecule has 0 atom stereocenters. The zero-order valence-electron chi connectivity index (χ0n) is 18.8. The van der Waals surface area contributed by atoms with Crippen molar-refractivity contribution in [1.29, 1.82) is 0 Å². The molecule has 0 fully saturated rings. The maximum atomic E-state index is 2.46. The smallest absolute Gasteiger partial charge is 0.0159 e. The van der Waals surface area contributed by atoms with Crippen molar-refractivity contribution in [2.75, 3.05) is 0 Å². The highest BCUT2D eigenvalue weighted by Crippen LogP contribution is 2.53. The first-order chi connectivity index (χ1) is 14.2. The highest BCUT2D eigenvalue weighted by Gasteiger charge is 2.37. The highest BCUT2D eigenvalue weighted by atomic mass is 14.4. The lowest BCUT2D eigenvalue weighted by Gasteiger charge is -2.24. The Labute approximate surface area is 178 Å². The summed E-state index contributed by atoms with van der Waals surface area (Å²) in [5.41, 5.74) is 8.69. The van der Waals surface area contributed by atoms with Gasteiger partial charge >= 0.3 is 0 Å². The molecular weight excluding hydrogens is 360 g/mol. The van der Waals surface area contributed by atoms with Crippen molar-refractivity contribution in [2.45, 2.75) is 52.4 Å². The Morgan fingerprint density at radius 1 is 0.667 bits per heavy atom. The van der Waals surface area contributed by atoms with Gasteiger partial charge in [0, 0.05) is 5.41 Å². The van der Waals surface area contributed by atoms with E-state index in [1.54, 1.807) is 0 Å². The molecule has 30 heavy (non-hydrogen) atoms. The second kappa shape index (κ2) is 5.43. The van der Waals surface area contributed by atoms with E-state index in [1.165, 1.54) is 65.7 Å². The normalized spacial score (nSPS) is 15.3. The molecule has 0 saturated carbocycles. The van der Waals surface area contributed by atoms with Crippen LogP contribution in [0, 0.1) is 6.92 Å². The van der Waals surface area contributed by atoms with E-state index >= 15 is 0 Å². The Balaban J connectivity index is 1.80. The second-order valence-electron chi connectivity index (χ2n) is 10.8. The molecule has 0 nitrogen and oxygen atoms in total. The van der Waals surface area contributed by atoms with Gasteiger partial charge in [-0.25, -0.2) is 0 Å². The van der Waals surface area contributed by atoms with Crippen molar-refractivity contribution >= 4 is 32.3 Å². The lowest BCUT2D eigenvalue weighted by molar-refractivity contribution is 0.591. The van der Waals surface area contributed by atoms with Crippen molar-refractivity contribution in [3.63, 3.8) is 0 Å². The van der Waals surface area contributed by atoms with Gasteiger partial charge in [-0.2, -0.15) is 0 Å². The Bertz CT molecular complexity index is 1470. The fraction of sp³-hybridized carbons (Fsp3) is 0.267. The molecule has 6 rings (SSSR count). The molecule has 0 aliphatic heterocycles. The van der Waals surface area contributed by atoms with Crippen molar-refractivity contribution in [3.8, 4) is 11.1 Å². The second-order valence-corrected chi connectivity index (χ2v) is 10.8. The van der Waals surface area contributed by atoms with Crippen LogP contribution in [-0.2, 0) is 10.8 Å². The van der Waals surface area contributed by atoms with E-state index in [1.807, 2.05) is 0 Å². The fourth-order valence-electron chi connectivity index (χ4n) is 5.65. The Hall–Kier alpha value is -2.86. The van der Waals surface area contributed by atoms with Crippen molar-refractivity contribution in [1.82, 2.24) is 0 Å². The van der Waals surface area contributed by atoms with Crippen LogP contribution in [0.3, 0.4) is 0 Å². The van der Waals surface area contributed by atoms with Gasteiger partial charge in [-0.15, -0.1) is 0 Å². The van der Waals surface area contributed by atoms with Crippen LogP contribution in [0.15, 0.2) is 60.7 Å². The van der Waals surface area contributed by atoms with E-state index in [-0.39, 0.29) is 10.8 Å². The van der Waals surface area contributed by atoms with Gasteiger partial charge in [0.25, 0.3) is 0 Å². The fourth-order valence-corrected chi connectivity index (χ4v) is 5.65. The number of benzene rings is 5. The Kier molecular flexibility index (Phi) is 3.25. The average Bonchev–Trinajstić information content (AvgIpc) is 2.91. The number of hydrogen-bond donors (Lipinski definition) is 0. The number of aryl methyl sites for hydroxylation is 1. The molecule has 5 aromatic carbocycles. The third-order valence-corrected chi connectivity index (χ3v) is 7.38. The molecule has 0 heterocycles. The summed E-state index contributed by atoms with van der Waals surface area (Å²) in [6, 6.07) is 23.6. The lowest BCUT2D eigenvalue weighted by Crippen LogP contribution is -2.15. The highest BCUT2D eigenvalue weighted by molar-refractivity contribution is 6.26. The molecule has 5 aromatic rings. The van der Waals surface area contributed by atoms with E-state index in [2.05, 4.69) is 102 Å². The van der Waals surface area contributed by atoms with Crippen LogP contribution in [0.25, 0.3) is 43.4 Å². The summed E-state index contributed by atoms with van der Waals surface area (Å²) in [7, 11) is 0. The minimum atomic E-state index is 0.0283. The number of rotatable bonds is 0. The van der Waals surface area contributed by atoms with Crippen LogP contribution in [-0.4, -0.2) is 0 Å². The molecule has 1 aliphatic rings. The number of fused-ring (bicyclic) bond motifs is 4. The molecule has 0 bridgehead atoms. The minimum absolute atomic E-state index is 0.0283. The standard InChI is InChI=1S/C30H28/c1-17-7-11-22-24(13-17)30(5,6)25-16-20-9-8-18-14-21(29(2,3)4)15-19-10-12-23(28(22)25)27(20)26(18)19/h7-16H,1-6H3. The quantitative estimate of drug-likeness (QED) is 0.233. The monoisotopic (exact) mass is 388 g/mol. The molecule has 1 aliphatic carbocycles. The summed E-state index contributed by atoms with van der Waals surface area (Å²) < 4.78 is 0. The van der Waals surface area contributed by atoms with Crippen molar-refractivity contribution < 1.29 is 0 Å². The largest absolute Gasteiger partial charge is 0.0587 e. The topological polar surface area (TPSA) is 0 Å².